The summed E-state index contributed by atoms with van der Waals surface area (Å²) in [6, 6.07) is 8.29. The second kappa shape index (κ2) is 9.57. The molecule has 0 aromatic heterocycles. The summed E-state index contributed by atoms with van der Waals surface area (Å²) < 4.78 is 53.4. The lowest BCUT2D eigenvalue weighted by Gasteiger charge is -2.15. The molecule has 0 bridgehead atoms. The van der Waals surface area contributed by atoms with Crippen molar-refractivity contribution in [3.05, 3.63) is 65.2 Å². The number of halogens is 2. The Balaban J connectivity index is 2.13. The molecule has 0 fully saturated rings. The molecule has 29 heavy (non-hydrogen) atoms. The number of carbonyl (C=O) groups is 2. The van der Waals surface area contributed by atoms with Gasteiger partial charge in [-0.3, -0.25) is 9.59 Å². The van der Waals surface area contributed by atoms with E-state index in [2.05, 4.69) is 10.0 Å². The molecule has 0 spiro atoms. The number of benzene rings is 2. The lowest BCUT2D eigenvalue weighted by atomic mass is 9.98. The molecule has 10 heteroatoms. The smallest absolute Gasteiger partial charge is 0.254 e. The largest absolute Gasteiger partial charge is 0.369 e. The van der Waals surface area contributed by atoms with Crippen LogP contribution in [0.3, 0.4) is 0 Å². The number of hydrogen-bond acceptors (Lipinski definition) is 4. The highest BCUT2D eigenvalue weighted by Crippen LogP contribution is 2.16. The first-order valence-electron chi connectivity index (χ1n) is 8.75. The minimum absolute atomic E-state index is 0.130. The monoisotopic (exact) mass is 425 g/mol. The molecule has 0 aliphatic carbocycles. The predicted molar refractivity (Wildman–Crippen MR) is 102 cm³/mol. The van der Waals surface area contributed by atoms with Crippen LogP contribution in [0.5, 0.6) is 0 Å². The molecule has 2 amide bonds. The van der Waals surface area contributed by atoms with E-state index in [4.69, 9.17) is 5.73 Å². The highest BCUT2D eigenvalue weighted by Gasteiger charge is 2.21. The van der Waals surface area contributed by atoms with Gasteiger partial charge in [0.2, 0.25) is 15.9 Å². The Bertz CT molecular complexity index is 995. The summed E-state index contributed by atoms with van der Waals surface area (Å²) in [5.41, 5.74) is 5.51. The van der Waals surface area contributed by atoms with Crippen LogP contribution in [-0.4, -0.2) is 33.3 Å². The molecule has 4 N–H and O–H groups in total. The molecule has 0 aliphatic heterocycles. The molecular weight excluding hydrogens is 404 g/mol. The topological polar surface area (TPSA) is 118 Å². The first kappa shape index (κ1) is 22.4. The van der Waals surface area contributed by atoms with Gasteiger partial charge in [-0.25, -0.2) is 21.9 Å². The first-order chi connectivity index (χ1) is 13.6. The van der Waals surface area contributed by atoms with Crippen molar-refractivity contribution >= 4 is 21.8 Å². The molecule has 1 unspecified atom stereocenters. The number of sulfonamides is 1. The number of rotatable bonds is 9. The zero-order valence-electron chi connectivity index (χ0n) is 15.6. The van der Waals surface area contributed by atoms with Gasteiger partial charge in [-0.2, -0.15) is 0 Å². The fourth-order valence-corrected chi connectivity index (χ4v) is 3.68. The number of nitrogens with one attached hydrogen (secondary N) is 2. The van der Waals surface area contributed by atoms with Gasteiger partial charge in [0.1, 0.15) is 11.6 Å². The molecule has 2 aromatic carbocycles. The van der Waals surface area contributed by atoms with E-state index in [1.165, 1.54) is 24.3 Å². The average Bonchev–Trinajstić information content (AvgIpc) is 2.66. The highest BCUT2D eigenvalue weighted by atomic mass is 32.2. The molecule has 1 atom stereocenters. The zero-order valence-corrected chi connectivity index (χ0v) is 16.4. The van der Waals surface area contributed by atoms with Gasteiger partial charge in [0.25, 0.3) is 5.91 Å². The lowest BCUT2D eigenvalue weighted by molar-refractivity contribution is -0.121. The summed E-state index contributed by atoms with van der Waals surface area (Å²) >= 11 is 0. The van der Waals surface area contributed by atoms with Gasteiger partial charge >= 0.3 is 0 Å². The molecule has 0 saturated heterocycles. The Morgan fingerprint density at radius 3 is 2.34 bits per heavy atom. The van der Waals surface area contributed by atoms with Crippen molar-refractivity contribution < 1.29 is 26.8 Å². The molecule has 0 saturated carbocycles. The quantitative estimate of drug-likeness (QED) is 0.562. The van der Waals surface area contributed by atoms with Crippen LogP contribution >= 0.6 is 0 Å². The van der Waals surface area contributed by atoms with Gasteiger partial charge in [-0.15, -0.1) is 0 Å². The third-order valence-corrected chi connectivity index (χ3v) is 5.68. The van der Waals surface area contributed by atoms with Crippen LogP contribution < -0.4 is 15.8 Å². The van der Waals surface area contributed by atoms with E-state index in [0.29, 0.717) is 5.56 Å². The number of amides is 2. The minimum atomic E-state index is -3.87. The average molecular weight is 425 g/mol. The summed E-state index contributed by atoms with van der Waals surface area (Å²) in [5.74, 6) is -3.74. The van der Waals surface area contributed by atoms with E-state index >= 15 is 0 Å². The molecule has 0 aliphatic rings. The molecule has 156 valence electrons. The Morgan fingerprint density at radius 2 is 1.76 bits per heavy atom. The van der Waals surface area contributed by atoms with E-state index in [0.717, 1.165) is 18.2 Å². The highest BCUT2D eigenvalue weighted by molar-refractivity contribution is 7.89. The number of carbonyl (C=O) groups excluding carboxylic acids is 2. The van der Waals surface area contributed by atoms with Crippen molar-refractivity contribution in [1.29, 1.82) is 0 Å². The van der Waals surface area contributed by atoms with Crippen molar-refractivity contribution in [2.45, 2.75) is 18.2 Å². The normalized spacial score (nSPS) is 12.4. The van der Waals surface area contributed by atoms with Crippen molar-refractivity contribution in [2.75, 3.05) is 13.1 Å². The van der Waals surface area contributed by atoms with E-state index in [1.807, 2.05) is 0 Å². The van der Waals surface area contributed by atoms with Gasteiger partial charge in [0.15, 0.2) is 0 Å². The summed E-state index contributed by atoms with van der Waals surface area (Å²) in [6.45, 7) is 1.51. The molecule has 0 radical (unpaired) electrons. The van der Waals surface area contributed by atoms with Crippen LogP contribution in [0.2, 0.25) is 0 Å². The van der Waals surface area contributed by atoms with Crippen LogP contribution in [0.1, 0.15) is 22.8 Å². The molecule has 2 aromatic rings. The van der Waals surface area contributed by atoms with Crippen molar-refractivity contribution in [2.24, 2.45) is 11.7 Å². The van der Waals surface area contributed by atoms with Gasteiger partial charge < -0.3 is 11.1 Å². The van der Waals surface area contributed by atoms with E-state index in [9.17, 15) is 26.8 Å². The summed E-state index contributed by atoms with van der Waals surface area (Å²) in [4.78, 5) is 23.8. The molecule has 7 nitrogen and oxygen atoms in total. The zero-order chi connectivity index (χ0) is 21.6. The first-order valence-corrected chi connectivity index (χ1v) is 10.2. The van der Waals surface area contributed by atoms with Crippen LogP contribution in [0.15, 0.2) is 47.4 Å². The van der Waals surface area contributed by atoms with Gasteiger partial charge in [0, 0.05) is 13.1 Å². The molecule has 2 rings (SSSR count). The number of nitrogens with two attached hydrogens (primary N) is 1. The van der Waals surface area contributed by atoms with Crippen molar-refractivity contribution in [3.63, 3.8) is 0 Å². The third kappa shape index (κ3) is 6.06. The second-order valence-corrected chi connectivity index (χ2v) is 8.05. The van der Waals surface area contributed by atoms with Crippen LogP contribution in [0, 0.1) is 17.6 Å². The maximum atomic E-state index is 14.1. The molecular formula is C19H21F2N3O4S. The van der Waals surface area contributed by atoms with Gasteiger partial charge in [-0.1, -0.05) is 19.1 Å². The lowest BCUT2D eigenvalue weighted by Crippen LogP contribution is -2.37. The minimum Gasteiger partial charge on any atom is -0.369 e. The van der Waals surface area contributed by atoms with Crippen LogP contribution in [0.4, 0.5) is 8.78 Å². The van der Waals surface area contributed by atoms with Crippen molar-refractivity contribution in [3.8, 4) is 0 Å². The molecule has 0 heterocycles. The second-order valence-electron chi connectivity index (χ2n) is 6.28. The summed E-state index contributed by atoms with van der Waals surface area (Å²) in [5, 5.41) is 2.39. The predicted octanol–water partition coefficient (Wildman–Crippen LogP) is 1.34. The van der Waals surface area contributed by atoms with Gasteiger partial charge in [-0.05, 0) is 42.3 Å². The summed E-state index contributed by atoms with van der Waals surface area (Å²) in [7, 11) is -3.87. The Morgan fingerprint density at radius 1 is 1.10 bits per heavy atom. The maximum absolute atomic E-state index is 14.1. The SMILES string of the molecule is CCNS(=O)(=O)c1ccc(F)c(C(=O)NCC(Cc2ccc(F)cc2)C(N)=O)c1. The van der Waals surface area contributed by atoms with E-state index < -0.39 is 45.0 Å². The van der Waals surface area contributed by atoms with Gasteiger partial charge in [0.05, 0.1) is 16.4 Å². The summed E-state index contributed by atoms with van der Waals surface area (Å²) in [6.07, 6.45) is 0.146. The van der Waals surface area contributed by atoms with Crippen LogP contribution in [-0.2, 0) is 21.2 Å². The van der Waals surface area contributed by atoms with Crippen molar-refractivity contribution in [1.82, 2.24) is 10.0 Å². The Kier molecular flexibility index (Phi) is 7.40. The number of hydrogen-bond donors (Lipinski definition) is 3. The fourth-order valence-electron chi connectivity index (χ4n) is 2.61. The van der Waals surface area contributed by atoms with Crippen LogP contribution in [0.25, 0.3) is 0 Å². The maximum Gasteiger partial charge on any atom is 0.254 e. The standard InChI is InChI=1S/C19H21F2N3O4S/c1-2-24-29(27,28)15-7-8-17(21)16(10-15)19(26)23-11-13(18(22)25)9-12-3-5-14(20)6-4-12/h3-8,10,13,24H,2,9,11H2,1H3,(H2,22,25)(H,23,26). The van der Waals surface area contributed by atoms with E-state index in [1.54, 1.807) is 6.92 Å². The fraction of sp³-hybridized carbons (Fsp3) is 0.263. The number of primary amides is 1. The Hall–Kier alpha value is -2.85. The van der Waals surface area contributed by atoms with E-state index in [-0.39, 0.29) is 24.4 Å². The Labute approximate surface area is 167 Å². The third-order valence-electron chi connectivity index (χ3n) is 4.13.